The highest BCUT2D eigenvalue weighted by Crippen LogP contribution is 2.09. The molecule has 0 aromatic heterocycles. The van der Waals surface area contributed by atoms with E-state index in [1.54, 1.807) is 0 Å². The van der Waals surface area contributed by atoms with E-state index >= 15 is 0 Å². The first-order chi connectivity index (χ1) is 4.29. The molecular formula is C7H15NO. The van der Waals surface area contributed by atoms with Gasteiger partial charge in [0.2, 0.25) is 0 Å². The van der Waals surface area contributed by atoms with Crippen LogP contribution >= 0.6 is 0 Å². The molecule has 0 saturated carbocycles. The third kappa shape index (κ3) is 2.33. The molecule has 0 bridgehead atoms. The number of ether oxygens (including phenoxy) is 1. The van der Waals surface area contributed by atoms with Crippen molar-refractivity contribution in [2.45, 2.75) is 26.4 Å². The highest BCUT2D eigenvalue weighted by atomic mass is 16.5. The van der Waals surface area contributed by atoms with Gasteiger partial charge in [-0.1, -0.05) is 13.8 Å². The van der Waals surface area contributed by atoms with Gasteiger partial charge >= 0.3 is 0 Å². The third-order valence-electron chi connectivity index (χ3n) is 1.53. The fourth-order valence-electron chi connectivity index (χ4n) is 1.13. The Balaban J connectivity index is 2.11. The molecule has 0 aromatic carbocycles. The van der Waals surface area contributed by atoms with E-state index in [1.165, 1.54) is 6.42 Å². The van der Waals surface area contributed by atoms with Gasteiger partial charge in [0.25, 0.3) is 0 Å². The summed E-state index contributed by atoms with van der Waals surface area (Å²) in [4.78, 5) is 0. The van der Waals surface area contributed by atoms with E-state index in [0.717, 1.165) is 19.2 Å². The van der Waals surface area contributed by atoms with Gasteiger partial charge in [0.05, 0.1) is 12.8 Å². The maximum absolute atomic E-state index is 5.35. The van der Waals surface area contributed by atoms with Gasteiger partial charge in [-0.15, -0.1) is 0 Å². The van der Waals surface area contributed by atoms with E-state index in [1.807, 2.05) is 0 Å². The average Bonchev–Trinajstić information content (AvgIpc) is 2.15. The summed E-state index contributed by atoms with van der Waals surface area (Å²) in [7, 11) is 0. The standard InChI is InChI=1S/C7H15NO/c1-6(2)3-7-4-8-5-9-7/h6-8H,3-5H2,1-2H3. The van der Waals surface area contributed by atoms with Crippen LogP contribution < -0.4 is 5.32 Å². The zero-order valence-electron chi connectivity index (χ0n) is 6.18. The van der Waals surface area contributed by atoms with Crippen molar-refractivity contribution in [2.75, 3.05) is 13.3 Å². The van der Waals surface area contributed by atoms with E-state index in [9.17, 15) is 0 Å². The van der Waals surface area contributed by atoms with Crippen LogP contribution in [0.2, 0.25) is 0 Å². The molecule has 1 aliphatic rings. The van der Waals surface area contributed by atoms with Crippen molar-refractivity contribution in [2.24, 2.45) is 5.92 Å². The van der Waals surface area contributed by atoms with Crippen LogP contribution in [0, 0.1) is 5.92 Å². The smallest absolute Gasteiger partial charge is 0.0970 e. The SMILES string of the molecule is CC(C)CC1CNCO1. The lowest BCUT2D eigenvalue weighted by Crippen LogP contribution is -2.15. The Bertz CT molecular complexity index is 77.0. The second kappa shape index (κ2) is 3.18. The van der Waals surface area contributed by atoms with Crippen molar-refractivity contribution < 1.29 is 4.74 Å². The molecule has 1 aliphatic heterocycles. The molecule has 1 unspecified atom stereocenters. The first kappa shape index (κ1) is 7.03. The third-order valence-corrected chi connectivity index (χ3v) is 1.53. The fourth-order valence-corrected chi connectivity index (χ4v) is 1.13. The molecule has 0 aliphatic carbocycles. The first-order valence-electron chi connectivity index (χ1n) is 3.61. The molecule has 54 valence electrons. The molecule has 0 aromatic rings. The zero-order chi connectivity index (χ0) is 6.69. The van der Waals surface area contributed by atoms with Crippen LogP contribution in [0.25, 0.3) is 0 Å². The summed E-state index contributed by atoms with van der Waals surface area (Å²) in [6.07, 6.45) is 1.66. The van der Waals surface area contributed by atoms with Crippen LogP contribution in [-0.4, -0.2) is 19.4 Å². The molecule has 0 spiro atoms. The van der Waals surface area contributed by atoms with Crippen LogP contribution in [-0.2, 0) is 4.74 Å². The summed E-state index contributed by atoms with van der Waals surface area (Å²) in [5.74, 6) is 0.759. The molecule has 0 amide bonds. The maximum Gasteiger partial charge on any atom is 0.0970 e. The van der Waals surface area contributed by atoms with Crippen LogP contribution in [0.1, 0.15) is 20.3 Å². The Hall–Kier alpha value is -0.0800. The highest BCUT2D eigenvalue weighted by molar-refractivity contribution is 4.67. The van der Waals surface area contributed by atoms with Gasteiger partial charge in [-0.25, -0.2) is 0 Å². The van der Waals surface area contributed by atoms with Crippen molar-refractivity contribution >= 4 is 0 Å². The molecule has 1 N–H and O–H groups in total. The Morgan fingerprint density at radius 1 is 1.67 bits per heavy atom. The van der Waals surface area contributed by atoms with Crippen LogP contribution in [0.3, 0.4) is 0 Å². The predicted octanol–water partition coefficient (Wildman–Crippen LogP) is 0.978. The quantitative estimate of drug-likeness (QED) is 0.600. The molecule has 9 heavy (non-hydrogen) atoms. The minimum Gasteiger partial charge on any atom is -0.362 e. The second-order valence-corrected chi connectivity index (χ2v) is 3.02. The molecule has 2 nitrogen and oxygen atoms in total. The van der Waals surface area contributed by atoms with Crippen molar-refractivity contribution in [1.29, 1.82) is 0 Å². The van der Waals surface area contributed by atoms with Gasteiger partial charge in [-0.2, -0.15) is 0 Å². The second-order valence-electron chi connectivity index (χ2n) is 3.02. The number of hydrogen-bond acceptors (Lipinski definition) is 2. The summed E-state index contributed by atoms with van der Waals surface area (Å²) in [5.41, 5.74) is 0. The molecule has 1 rings (SSSR count). The topological polar surface area (TPSA) is 21.3 Å². The minimum absolute atomic E-state index is 0.477. The van der Waals surface area contributed by atoms with Crippen LogP contribution in [0.4, 0.5) is 0 Å². The predicted molar refractivity (Wildman–Crippen MR) is 37.2 cm³/mol. The lowest BCUT2D eigenvalue weighted by atomic mass is 10.1. The van der Waals surface area contributed by atoms with Crippen molar-refractivity contribution in [3.8, 4) is 0 Å². The molecular weight excluding hydrogens is 114 g/mol. The van der Waals surface area contributed by atoms with Crippen LogP contribution in [0.5, 0.6) is 0 Å². The monoisotopic (exact) mass is 129 g/mol. The summed E-state index contributed by atoms with van der Waals surface area (Å²) in [6.45, 7) is 6.24. The summed E-state index contributed by atoms with van der Waals surface area (Å²) in [5, 5.41) is 3.16. The van der Waals surface area contributed by atoms with E-state index in [2.05, 4.69) is 19.2 Å². The van der Waals surface area contributed by atoms with Gasteiger partial charge in [0.1, 0.15) is 0 Å². The summed E-state index contributed by atoms with van der Waals surface area (Å²) < 4.78 is 5.35. The van der Waals surface area contributed by atoms with Gasteiger partial charge in [-0.3, -0.25) is 5.32 Å². The zero-order valence-corrected chi connectivity index (χ0v) is 6.18. The van der Waals surface area contributed by atoms with E-state index < -0.39 is 0 Å². The lowest BCUT2D eigenvalue weighted by molar-refractivity contribution is 0.0970. The van der Waals surface area contributed by atoms with E-state index in [0.29, 0.717) is 6.10 Å². The Labute approximate surface area is 56.6 Å². The van der Waals surface area contributed by atoms with Crippen LogP contribution in [0.15, 0.2) is 0 Å². The van der Waals surface area contributed by atoms with E-state index in [4.69, 9.17) is 4.74 Å². The summed E-state index contributed by atoms with van der Waals surface area (Å²) in [6, 6.07) is 0. The van der Waals surface area contributed by atoms with Gasteiger partial charge in [-0.05, 0) is 12.3 Å². The molecule has 2 heteroatoms. The molecule has 0 radical (unpaired) electrons. The number of hydrogen-bond donors (Lipinski definition) is 1. The number of rotatable bonds is 2. The van der Waals surface area contributed by atoms with E-state index in [-0.39, 0.29) is 0 Å². The van der Waals surface area contributed by atoms with Gasteiger partial charge in [0.15, 0.2) is 0 Å². The summed E-state index contributed by atoms with van der Waals surface area (Å²) >= 11 is 0. The molecule has 1 fully saturated rings. The highest BCUT2D eigenvalue weighted by Gasteiger charge is 2.15. The molecule has 1 saturated heterocycles. The lowest BCUT2D eigenvalue weighted by Gasteiger charge is -2.09. The molecule has 1 atom stereocenters. The maximum atomic E-state index is 5.35. The Kier molecular flexibility index (Phi) is 2.49. The molecule has 1 heterocycles. The van der Waals surface area contributed by atoms with Crippen molar-refractivity contribution in [3.05, 3.63) is 0 Å². The van der Waals surface area contributed by atoms with Crippen molar-refractivity contribution in [1.82, 2.24) is 5.32 Å². The largest absolute Gasteiger partial charge is 0.362 e. The Morgan fingerprint density at radius 2 is 2.44 bits per heavy atom. The average molecular weight is 129 g/mol. The minimum atomic E-state index is 0.477. The van der Waals surface area contributed by atoms with Crippen molar-refractivity contribution in [3.63, 3.8) is 0 Å². The first-order valence-corrected chi connectivity index (χ1v) is 3.61. The van der Waals surface area contributed by atoms with Gasteiger partial charge < -0.3 is 4.74 Å². The fraction of sp³-hybridized carbons (Fsp3) is 1.00. The normalized spacial score (nSPS) is 27.7. The Morgan fingerprint density at radius 3 is 2.89 bits per heavy atom. The number of nitrogens with one attached hydrogen (secondary N) is 1. The van der Waals surface area contributed by atoms with Gasteiger partial charge in [0, 0.05) is 6.54 Å².